The summed E-state index contributed by atoms with van der Waals surface area (Å²) >= 11 is 0. The number of hydrogen-bond donors (Lipinski definition) is 1. The van der Waals surface area contributed by atoms with Crippen molar-refractivity contribution >= 4 is 5.91 Å². The van der Waals surface area contributed by atoms with Crippen molar-refractivity contribution in [2.45, 2.75) is 32.7 Å². The molecule has 0 unspecified atom stereocenters. The molecule has 2 aromatic heterocycles. The van der Waals surface area contributed by atoms with Gasteiger partial charge in [0.25, 0.3) is 11.5 Å². The highest BCUT2D eigenvalue weighted by atomic mass is 16.2. The fraction of sp³-hybridized carbons (Fsp3) is 0.500. The van der Waals surface area contributed by atoms with Crippen LogP contribution in [-0.2, 0) is 26.1 Å². The summed E-state index contributed by atoms with van der Waals surface area (Å²) in [5.74, 6) is -0.404. The van der Waals surface area contributed by atoms with Gasteiger partial charge in [0.15, 0.2) is 0 Å². The van der Waals surface area contributed by atoms with Gasteiger partial charge in [-0.25, -0.2) is 4.79 Å². The van der Waals surface area contributed by atoms with E-state index in [4.69, 9.17) is 0 Å². The molecule has 0 bridgehead atoms. The number of nitrogens with zero attached hydrogens (tertiary/aromatic N) is 4. The Labute approximate surface area is 139 Å². The smallest absolute Gasteiger partial charge is 0.331 e. The Bertz CT molecular complexity index is 882. The number of aromatic amines is 1. The number of amides is 1. The summed E-state index contributed by atoms with van der Waals surface area (Å²) in [5.41, 5.74) is 0.611. The fourth-order valence-corrected chi connectivity index (χ4v) is 2.29. The van der Waals surface area contributed by atoms with Crippen molar-refractivity contribution in [3.63, 3.8) is 0 Å². The molecule has 2 aromatic rings. The van der Waals surface area contributed by atoms with E-state index in [1.165, 1.54) is 29.6 Å². The molecule has 0 spiro atoms. The third-order valence-corrected chi connectivity index (χ3v) is 3.90. The number of carbonyl (C=O) groups excluding carboxylic acids is 1. The average Bonchev–Trinajstić information content (AvgIpc) is 2.96. The molecule has 0 saturated carbocycles. The van der Waals surface area contributed by atoms with E-state index in [1.54, 1.807) is 7.05 Å². The van der Waals surface area contributed by atoms with E-state index in [0.717, 1.165) is 16.0 Å². The first-order valence-corrected chi connectivity index (χ1v) is 7.59. The van der Waals surface area contributed by atoms with Gasteiger partial charge in [0.1, 0.15) is 5.69 Å². The number of nitrogens with one attached hydrogen (secondary N) is 1. The molecule has 0 aliphatic rings. The minimum Gasteiger partial charge on any atom is -0.335 e. The summed E-state index contributed by atoms with van der Waals surface area (Å²) in [7, 11) is 4.46. The Morgan fingerprint density at radius 2 is 1.83 bits per heavy atom. The molecule has 0 aliphatic carbocycles. The quantitative estimate of drug-likeness (QED) is 0.878. The Morgan fingerprint density at radius 1 is 1.21 bits per heavy atom. The van der Waals surface area contributed by atoms with E-state index in [9.17, 15) is 14.4 Å². The van der Waals surface area contributed by atoms with Crippen LogP contribution in [0.5, 0.6) is 0 Å². The molecule has 8 nitrogen and oxygen atoms in total. The predicted octanol–water partition coefficient (Wildman–Crippen LogP) is 0.377. The van der Waals surface area contributed by atoms with Gasteiger partial charge in [-0.15, -0.1) is 0 Å². The lowest BCUT2D eigenvalue weighted by atomic mass is 9.92. The number of carbonyl (C=O) groups is 1. The molecular formula is C16H23N5O3. The molecule has 0 radical (unpaired) electrons. The van der Waals surface area contributed by atoms with E-state index < -0.39 is 17.2 Å². The Kier molecular flexibility index (Phi) is 4.50. The normalized spacial score (nSPS) is 11.6. The van der Waals surface area contributed by atoms with Crippen LogP contribution in [-0.4, -0.2) is 37.2 Å². The maximum absolute atomic E-state index is 12.6. The number of H-pyrrole nitrogens is 1. The number of rotatable bonds is 3. The first kappa shape index (κ1) is 17.7. The zero-order valence-corrected chi connectivity index (χ0v) is 14.9. The van der Waals surface area contributed by atoms with Crippen molar-refractivity contribution in [3.05, 3.63) is 50.1 Å². The van der Waals surface area contributed by atoms with Crippen LogP contribution in [0, 0.1) is 0 Å². The van der Waals surface area contributed by atoms with Gasteiger partial charge in [-0.3, -0.25) is 23.8 Å². The lowest BCUT2D eigenvalue weighted by Crippen LogP contribution is -2.41. The predicted molar refractivity (Wildman–Crippen MR) is 90.0 cm³/mol. The summed E-state index contributed by atoms with van der Waals surface area (Å²) in [6, 6.07) is 3.08. The van der Waals surface area contributed by atoms with Crippen LogP contribution in [0.2, 0.25) is 0 Å². The maximum Gasteiger partial charge on any atom is 0.331 e. The largest absolute Gasteiger partial charge is 0.335 e. The Morgan fingerprint density at radius 3 is 2.38 bits per heavy atom. The molecule has 2 rings (SSSR count). The van der Waals surface area contributed by atoms with Crippen LogP contribution < -0.4 is 11.2 Å². The minimum atomic E-state index is -0.532. The first-order chi connectivity index (χ1) is 11.0. The fourth-order valence-electron chi connectivity index (χ4n) is 2.29. The van der Waals surface area contributed by atoms with Gasteiger partial charge < -0.3 is 4.90 Å². The molecule has 2 heterocycles. The van der Waals surface area contributed by atoms with Crippen LogP contribution in [0.3, 0.4) is 0 Å². The second-order valence-electron chi connectivity index (χ2n) is 6.96. The lowest BCUT2D eigenvalue weighted by molar-refractivity contribution is 0.0771. The van der Waals surface area contributed by atoms with Gasteiger partial charge in [0, 0.05) is 32.6 Å². The molecule has 130 valence electrons. The number of aromatic nitrogens is 4. The molecule has 0 aliphatic heterocycles. The topological polar surface area (TPSA) is 93.0 Å². The van der Waals surface area contributed by atoms with E-state index in [1.807, 2.05) is 6.07 Å². The number of hydrogen-bond acceptors (Lipinski definition) is 4. The van der Waals surface area contributed by atoms with Crippen LogP contribution in [0.25, 0.3) is 0 Å². The lowest BCUT2D eigenvalue weighted by Gasteiger charge is -2.18. The summed E-state index contributed by atoms with van der Waals surface area (Å²) in [6.07, 6.45) is 0. The summed E-state index contributed by atoms with van der Waals surface area (Å²) in [5, 5.41) is 7.18. The third kappa shape index (κ3) is 3.32. The maximum atomic E-state index is 12.6. The van der Waals surface area contributed by atoms with Crippen LogP contribution in [0.15, 0.2) is 21.7 Å². The molecule has 0 saturated heterocycles. The van der Waals surface area contributed by atoms with E-state index in [0.29, 0.717) is 6.54 Å². The zero-order chi connectivity index (χ0) is 18.2. The summed E-state index contributed by atoms with van der Waals surface area (Å²) < 4.78 is 2.13. The zero-order valence-electron chi connectivity index (χ0n) is 14.9. The van der Waals surface area contributed by atoms with Crippen LogP contribution >= 0.6 is 0 Å². The van der Waals surface area contributed by atoms with Crippen molar-refractivity contribution in [2.75, 3.05) is 7.05 Å². The van der Waals surface area contributed by atoms with Crippen molar-refractivity contribution in [1.29, 1.82) is 0 Å². The van der Waals surface area contributed by atoms with Crippen LogP contribution in [0.1, 0.15) is 42.6 Å². The SMILES string of the molecule is CN(Cc1cc(C(C)(C)C)n[nH]1)C(=O)c1cc(=O)n(C)c(=O)n1C. The van der Waals surface area contributed by atoms with Gasteiger partial charge in [-0.2, -0.15) is 5.10 Å². The molecule has 8 heteroatoms. The first-order valence-electron chi connectivity index (χ1n) is 7.59. The standard InChI is InChI=1S/C16H23N5O3/c1-16(2,3)12-7-10(17-18-12)9-19(4)14(23)11-8-13(22)21(6)15(24)20(11)5/h7-8H,9H2,1-6H3,(H,17,18). The Hall–Kier alpha value is -2.64. The van der Waals surface area contributed by atoms with Gasteiger partial charge >= 0.3 is 5.69 Å². The van der Waals surface area contributed by atoms with E-state index >= 15 is 0 Å². The van der Waals surface area contributed by atoms with E-state index in [2.05, 4.69) is 31.0 Å². The monoisotopic (exact) mass is 333 g/mol. The van der Waals surface area contributed by atoms with Crippen molar-refractivity contribution < 1.29 is 4.79 Å². The van der Waals surface area contributed by atoms with Gasteiger partial charge in [-0.05, 0) is 6.07 Å². The van der Waals surface area contributed by atoms with Crippen molar-refractivity contribution in [3.8, 4) is 0 Å². The highest BCUT2D eigenvalue weighted by Gasteiger charge is 2.21. The second-order valence-corrected chi connectivity index (χ2v) is 6.96. The van der Waals surface area contributed by atoms with Gasteiger partial charge in [0.2, 0.25) is 0 Å². The molecule has 0 aromatic carbocycles. The summed E-state index contributed by atoms with van der Waals surface area (Å²) in [4.78, 5) is 37.7. The molecule has 0 atom stereocenters. The van der Waals surface area contributed by atoms with Gasteiger partial charge in [0.05, 0.1) is 17.9 Å². The van der Waals surface area contributed by atoms with Crippen molar-refractivity contribution in [2.24, 2.45) is 14.1 Å². The average molecular weight is 333 g/mol. The third-order valence-electron chi connectivity index (χ3n) is 3.90. The minimum absolute atomic E-state index is 0.0566. The van der Waals surface area contributed by atoms with Crippen LogP contribution in [0.4, 0.5) is 0 Å². The Balaban J connectivity index is 2.26. The highest BCUT2D eigenvalue weighted by Crippen LogP contribution is 2.20. The molecule has 1 amide bonds. The highest BCUT2D eigenvalue weighted by molar-refractivity contribution is 5.92. The van der Waals surface area contributed by atoms with E-state index in [-0.39, 0.29) is 11.1 Å². The molecular weight excluding hydrogens is 310 g/mol. The summed E-state index contributed by atoms with van der Waals surface area (Å²) in [6.45, 7) is 6.46. The molecule has 0 fully saturated rings. The second kappa shape index (κ2) is 6.10. The molecule has 1 N–H and O–H groups in total. The van der Waals surface area contributed by atoms with Crippen molar-refractivity contribution in [1.82, 2.24) is 24.2 Å². The van der Waals surface area contributed by atoms with Gasteiger partial charge in [-0.1, -0.05) is 20.8 Å². The molecule has 24 heavy (non-hydrogen) atoms.